The summed E-state index contributed by atoms with van der Waals surface area (Å²) in [6, 6.07) is 6.62. The maximum atomic E-state index is 11.6. The zero-order valence-corrected chi connectivity index (χ0v) is 10.0. The normalized spacial score (nSPS) is 11.6. The molecule has 3 nitrogen and oxygen atoms in total. The number of hydrogen-bond donors (Lipinski definition) is 1. The number of halogens is 1. The lowest BCUT2D eigenvalue weighted by atomic mass is 10.4. The molecule has 0 aliphatic carbocycles. The molecule has 2 N–H and O–H groups in total. The summed E-state index contributed by atoms with van der Waals surface area (Å²) in [7, 11) is -3.14. The SMILES string of the molecule is NCCCS(=O)(=O)c1ccc(Br)cc1. The predicted molar refractivity (Wildman–Crippen MR) is 59.9 cm³/mol. The van der Waals surface area contributed by atoms with Crippen molar-refractivity contribution in [3.8, 4) is 0 Å². The van der Waals surface area contributed by atoms with Gasteiger partial charge in [-0.1, -0.05) is 15.9 Å². The molecule has 0 bridgehead atoms. The number of hydrogen-bond acceptors (Lipinski definition) is 3. The van der Waals surface area contributed by atoms with Crippen molar-refractivity contribution in [2.45, 2.75) is 11.3 Å². The largest absolute Gasteiger partial charge is 0.330 e. The molecule has 0 fully saturated rings. The Balaban J connectivity index is 2.87. The van der Waals surface area contributed by atoms with Crippen LogP contribution < -0.4 is 5.73 Å². The van der Waals surface area contributed by atoms with Crippen LogP contribution in [0.2, 0.25) is 0 Å². The molecule has 14 heavy (non-hydrogen) atoms. The summed E-state index contributed by atoms with van der Waals surface area (Å²) >= 11 is 3.25. The minimum atomic E-state index is -3.14. The fraction of sp³-hybridized carbons (Fsp3) is 0.333. The Labute approximate surface area is 92.4 Å². The van der Waals surface area contributed by atoms with Crippen molar-refractivity contribution in [2.24, 2.45) is 5.73 Å². The first-order valence-corrected chi connectivity index (χ1v) is 6.69. The van der Waals surface area contributed by atoms with Crippen LogP contribution in [-0.2, 0) is 9.84 Å². The van der Waals surface area contributed by atoms with Crippen LogP contribution in [0.15, 0.2) is 33.6 Å². The Hall–Kier alpha value is -0.390. The summed E-state index contributed by atoms with van der Waals surface area (Å²) in [4.78, 5) is 0.356. The second-order valence-electron chi connectivity index (χ2n) is 2.92. The molecule has 0 saturated carbocycles. The molecule has 1 aromatic carbocycles. The quantitative estimate of drug-likeness (QED) is 0.909. The lowest BCUT2D eigenvalue weighted by Crippen LogP contribution is -2.11. The highest BCUT2D eigenvalue weighted by Gasteiger charge is 2.12. The third kappa shape index (κ3) is 3.08. The Morgan fingerprint density at radius 3 is 2.29 bits per heavy atom. The highest BCUT2D eigenvalue weighted by Crippen LogP contribution is 2.16. The second-order valence-corrected chi connectivity index (χ2v) is 5.94. The van der Waals surface area contributed by atoms with E-state index in [4.69, 9.17) is 5.73 Å². The average molecular weight is 278 g/mol. The molecule has 5 heteroatoms. The van der Waals surface area contributed by atoms with E-state index >= 15 is 0 Å². The van der Waals surface area contributed by atoms with E-state index < -0.39 is 9.84 Å². The van der Waals surface area contributed by atoms with Gasteiger partial charge in [-0.15, -0.1) is 0 Å². The second kappa shape index (κ2) is 4.91. The average Bonchev–Trinajstić information content (AvgIpc) is 2.16. The van der Waals surface area contributed by atoms with Crippen molar-refractivity contribution in [2.75, 3.05) is 12.3 Å². The minimum Gasteiger partial charge on any atom is -0.330 e. The van der Waals surface area contributed by atoms with Crippen LogP contribution in [0.5, 0.6) is 0 Å². The van der Waals surface area contributed by atoms with Gasteiger partial charge in [0.05, 0.1) is 10.6 Å². The molecule has 0 unspecified atom stereocenters. The molecule has 0 aliphatic heterocycles. The van der Waals surface area contributed by atoms with Crippen molar-refractivity contribution >= 4 is 25.8 Å². The zero-order chi connectivity index (χ0) is 10.6. The standard InChI is InChI=1S/C9H12BrNO2S/c10-8-2-4-9(5-3-8)14(12,13)7-1-6-11/h2-5H,1,6-7,11H2. The van der Waals surface area contributed by atoms with Gasteiger partial charge < -0.3 is 5.73 Å². The molecule has 0 amide bonds. The Morgan fingerprint density at radius 1 is 1.21 bits per heavy atom. The monoisotopic (exact) mass is 277 g/mol. The molecule has 0 aliphatic rings. The number of benzene rings is 1. The molecule has 0 saturated heterocycles. The van der Waals surface area contributed by atoms with Gasteiger partial charge in [-0.2, -0.15) is 0 Å². The van der Waals surface area contributed by atoms with Crippen LogP contribution in [0.4, 0.5) is 0 Å². The van der Waals surface area contributed by atoms with Crippen LogP contribution in [0.25, 0.3) is 0 Å². The maximum absolute atomic E-state index is 11.6. The van der Waals surface area contributed by atoms with E-state index in [2.05, 4.69) is 15.9 Å². The van der Waals surface area contributed by atoms with Crippen molar-refractivity contribution < 1.29 is 8.42 Å². The molecule has 0 atom stereocenters. The third-order valence-electron chi connectivity index (χ3n) is 1.79. The molecular formula is C9H12BrNO2S. The van der Waals surface area contributed by atoms with Crippen LogP contribution in [0.1, 0.15) is 6.42 Å². The van der Waals surface area contributed by atoms with Gasteiger partial charge in [0.2, 0.25) is 0 Å². The minimum absolute atomic E-state index is 0.116. The van der Waals surface area contributed by atoms with Gasteiger partial charge in [0.1, 0.15) is 0 Å². The molecule has 0 spiro atoms. The van der Waals surface area contributed by atoms with Crippen molar-refractivity contribution in [1.82, 2.24) is 0 Å². The summed E-state index contributed by atoms with van der Waals surface area (Å²) in [6.45, 7) is 0.399. The number of nitrogens with two attached hydrogens (primary N) is 1. The van der Waals surface area contributed by atoms with E-state index in [9.17, 15) is 8.42 Å². The fourth-order valence-electron chi connectivity index (χ4n) is 1.03. The van der Waals surface area contributed by atoms with Crippen LogP contribution in [0.3, 0.4) is 0 Å². The van der Waals surface area contributed by atoms with Gasteiger partial charge in [0, 0.05) is 4.47 Å². The van der Waals surface area contributed by atoms with Crippen LogP contribution in [0, 0.1) is 0 Å². The summed E-state index contributed by atoms with van der Waals surface area (Å²) in [5.41, 5.74) is 5.27. The van der Waals surface area contributed by atoms with Crippen LogP contribution in [-0.4, -0.2) is 20.7 Å². The van der Waals surface area contributed by atoms with Gasteiger partial charge >= 0.3 is 0 Å². The molecule has 0 aromatic heterocycles. The maximum Gasteiger partial charge on any atom is 0.178 e. The van der Waals surface area contributed by atoms with Gasteiger partial charge in [0.15, 0.2) is 9.84 Å². The van der Waals surface area contributed by atoms with Gasteiger partial charge in [0.25, 0.3) is 0 Å². The van der Waals surface area contributed by atoms with Crippen molar-refractivity contribution in [1.29, 1.82) is 0 Å². The molecule has 0 radical (unpaired) electrons. The Kier molecular flexibility index (Phi) is 4.10. The Bertz CT molecular complexity index is 386. The molecule has 1 aromatic rings. The van der Waals surface area contributed by atoms with E-state index in [0.29, 0.717) is 17.9 Å². The summed E-state index contributed by atoms with van der Waals surface area (Å²) in [6.07, 6.45) is 0.498. The van der Waals surface area contributed by atoms with E-state index in [1.165, 1.54) is 0 Å². The summed E-state index contributed by atoms with van der Waals surface area (Å²) in [5, 5.41) is 0. The Morgan fingerprint density at radius 2 is 1.79 bits per heavy atom. The van der Waals surface area contributed by atoms with E-state index in [-0.39, 0.29) is 5.75 Å². The third-order valence-corrected chi connectivity index (χ3v) is 4.14. The summed E-state index contributed by atoms with van der Waals surface area (Å²) in [5.74, 6) is 0.116. The number of rotatable bonds is 4. The van der Waals surface area contributed by atoms with E-state index in [1.54, 1.807) is 24.3 Å². The first-order valence-electron chi connectivity index (χ1n) is 4.24. The van der Waals surface area contributed by atoms with Crippen molar-refractivity contribution in [3.63, 3.8) is 0 Å². The summed E-state index contributed by atoms with van der Waals surface area (Å²) < 4.78 is 24.1. The van der Waals surface area contributed by atoms with Gasteiger partial charge in [-0.05, 0) is 37.2 Å². The molecule has 78 valence electrons. The highest BCUT2D eigenvalue weighted by molar-refractivity contribution is 9.10. The zero-order valence-electron chi connectivity index (χ0n) is 7.61. The molecule has 0 heterocycles. The molecular weight excluding hydrogens is 266 g/mol. The van der Waals surface area contributed by atoms with Gasteiger partial charge in [-0.3, -0.25) is 0 Å². The predicted octanol–water partition coefficient (Wildman–Crippen LogP) is 1.57. The van der Waals surface area contributed by atoms with Gasteiger partial charge in [-0.25, -0.2) is 8.42 Å². The van der Waals surface area contributed by atoms with Crippen molar-refractivity contribution in [3.05, 3.63) is 28.7 Å². The first kappa shape index (κ1) is 11.7. The smallest absolute Gasteiger partial charge is 0.178 e. The lowest BCUT2D eigenvalue weighted by Gasteiger charge is -2.02. The first-order chi connectivity index (χ1) is 6.56. The van der Waals surface area contributed by atoms with Crippen LogP contribution >= 0.6 is 15.9 Å². The highest BCUT2D eigenvalue weighted by atomic mass is 79.9. The van der Waals surface area contributed by atoms with E-state index in [0.717, 1.165) is 4.47 Å². The van der Waals surface area contributed by atoms with E-state index in [1.807, 2.05) is 0 Å². The number of sulfone groups is 1. The topological polar surface area (TPSA) is 60.2 Å². The lowest BCUT2D eigenvalue weighted by molar-refractivity contribution is 0.593. The molecule has 1 rings (SSSR count). The fourth-order valence-corrected chi connectivity index (χ4v) is 2.63.